The highest BCUT2D eigenvalue weighted by atomic mass is 16.3. The maximum absolute atomic E-state index is 9.34. The Morgan fingerprint density at radius 2 is 1.88 bits per heavy atom. The Morgan fingerprint density at radius 1 is 1.12 bits per heavy atom. The van der Waals surface area contributed by atoms with Crippen LogP contribution in [0.25, 0.3) is 0 Å². The first-order valence-corrected chi connectivity index (χ1v) is 5.80. The third-order valence-electron chi connectivity index (χ3n) is 4.14. The molecule has 0 amide bonds. The molecule has 80 valence electrons. The van der Waals surface area contributed by atoms with Gasteiger partial charge in [0.15, 0.2) is 0 Å². The summed E-state index contributed by atoms with van der Waals surface area (Å²) < 4.78 is 0. The van der Waals surface area contributed by atoms with Gasteiger partial charge in [-0.15, -0.1) is 0 Å². The molecule has 0 saturated heterocycles. The summed E-state index contributed by atoms with van der Waals surface area (Å²) in [6, 6.07) is 8.72. The highest BCUT2D eigenvalue weighted by Gasteiger charge is 2.43. The Labute approximate surface area is 93.9 Å². The summed E-state index contributed by atoms with van der Waals surface area (Å²) in [4.78, 5) is 3.21. The van der Waals surface area contributed by atoms with Crippen LogP contribution in [0.15, 0.2) is 30.5 Å². The van der Waals surface area contributed by atoms with Gasteiger partial charge in [-0.25, -0.2) is 0 Å². The van der Waals surface area contributed by atoms with Crippen LogP contribution in [0.1, 0.15) is 46.2 Å². The molecule has 2 aromatic rings. The summed E-state index contributed by atoms with van der Waals surface area (Å²) in [5, 5.41) is 9.34. The summed E-state index contributed by atoms with van der Waals surface area (Å²) in [5.41, 5.74) is 6.74. The second-order valence-electron chi connectivity index (χ2n) is 4.76. The Kier molecular flexibility index (Phi) is 1.49. The first kappa shape index (κ1) is 8.59. The number of aliphatic hydroxyl groups is 1. The Bertz CT molecular complexity index is 570. The van der Waals surface area contributed by atoms with E-state index in [2.05, 4.69) is 35.4 Å². The molecular weight excluding hydrogens is 198 g/mol. The monoisotopic (exact) mass is 211 g/mol. The summed E-state index contributed by atoms with van der Waals surface area (Å²) in [7, 11) is 0. The second kappa shape index (κ2) is 2.77. The van der Waals surface area contributed by atoms with Gasteiger partial charge in [0.05, 0.1) is 6.61 Å². The number of aromatic nitrogens is 1. The largest absolute Gasteiger partial charge is 0.390 e. The molecule has 0 unspecified atom stereocenters. The molecule has 0 radical (unpaired) electrons. The van der Waals surface area contributed by atoms with Crippen molar-refractivity contribution in [3.63, 3.8) is 0 Å². The van der Waals surface area contributed by atoms with E-state index >= 15 is 0 Å². The van der Waals surface area contributed by atoms with Gasteiger partial charge in [-0.2, -0.15) is 0 Å². The van der Waals surface area contributed by atoms with E-state index in [0.29, 0.717) is 11.8 Å². The van der Waals surface area contributed by atoms with E-state index < -0.39 is 0 Å². The van der Waals surface area contributed by atoms with Crippen LogP contribution in [0.4, 0.5) is 0 Å². The summed E-state index contributed by atoms with van der Waals surface area (Å²) in [6.07, 6.45) is 3.28. The first-order chi connectivity index (χ1) is 7.90. The predicted molar refractivity (Wildman–Crippen MR) is 61.5 cm³/mol. The average molecular weight is 211 g/mol. The fourth-order valence-corrected chi connectivity index (χ4v) is 3.53. The number of rotatable bonds is 1. The zero-order valence-corrected chi connectivity index (χ0v) is 8.90. The van der Waals surface area contributed by atoms with Crippen LogP contribution in [0.5, 0.6) is 0 Å². The van der Waals surface area contributed by atoms with E-state index in [9.17, 15) is 5.11 Å². The van der Waals surface area contributed by atoms with E-state index in [4.69, 9.17) is 0 Å². The van der Waals surface area contributed by atoms with Crippen LogP contribution in [0.2, 0.25) is 0 Å². The van der Waals surface area contributed by atoms with Gasteiger partial charge in [0.25, 0.3) is 0 Å². The van der Waals surface area contributed by atoms with Crippen molar-refractivity contribution in [1.29, 1.82) is 0 Å². The molecule has 4 rings (SSSR count). The van der Waals surface area contributed by atoms with Crippen molar-refractivity contribution in [3.05, 3.63) is 58.4 Å². The molecule has 1 aromatic carbocycles. The van der Waals surface area contributed by atoms with Gasteiger partial charge >= 0.3 is 0 Å². The molecule has 2 atom stereocenters. The molecule has 2 N–H and O–H groups in total. The summed E-state index contributed by atoms with van der Waals surface area (Å²) in [5.74, 6) is 1.08. The Morgan fingerprint density at radius 3 is 2.62 bits per heavy atom. The van der Waals surface area contributed by atoms with Crippen LogP contribution >= 0.6 is 0 Å². The number of fused-ring (bicyclic) bond motifs is 8. The van der Waals surface area contributed by atoms with Crippen LogP contribution < -0.4 is 0 Å². The number of hydrogen-bond donors (Lipinski definition) is 2. The fourth-order valence-electron chi connectivity index (χ4n) is 3.53. The smallest absolute Gasteiger partial charge is 0.0833 e. The van der Waals surface area contributed by atoms with Crippen molar-refractivity contribution >= 4 is 0 Å². The lowest BCUT2D eigenvalue weighted by Gasteiger charge is -2.16. The summed E-state index contributed by atoms with van der Waals surface area (Å²) in [6.45, 7) is 0.126. The third kappa shape index (κ3) is 0.828. The molecule has 16 heavy (non-hydrogen) atoms. The Balaban J connectivity index is 1.97. The van der Waals surface area contributed by atoms with Crippen LogP contribution in [-0.2, 0) is 6.61 Å². The highest BCUT2D eigenvalue weighted by Crippen LogP contribution is 2.57. The SMILES string of the molecule is OCc1[nH]cc2c1[C@@H]1C[C@H]2c2ccccc21. The number of aromatic amines is 1. The van der Waals surface area contributed by atoms with Crippen LogP contribution in [-0.4, -0.2) is 10.1 Å². The Hall–Kier alpha value is -1.54. The molecule has 0 fully saturated rings. The van der Waals surface area contributed by atoms with Gasteiger partial charge in [-0.1, -0.05) is 24.3 Å². The van der Waals surface area contributed by atoms with E-state index in [-0.39, 0.29) is 6.61 Å². The summed E-state index contributed by atoms with van der Waals surface area (Å²) >= 11 is 0. The van der Waals surface area contributed by atoms with Crippen molar-refractivity contribution in [2.24, 2.45) is 0 Å². The third-order valence-corrected chi connectivity index (χ3v) is 4.14. The maximum atomic E-state index is 9.34. The molecule has 0 spiro atoms. The number of benzene rings is 1. The lowest BCUT2D eigenvalue weighted by molar-refractivity contribution is 0.276. The van der Waals surface area contributed by atoms with Crippen LogP contribution in [0.3, 0.4) is 0 Å². The van der Waals surface area contributed by atoms with Crippen molar-refractivity contribution in [1.82, 2.24) is 4.98 Å². The van der Waals surface area contributed by atoms with E-state index in [1.165, 1.54) is 28.7 Å². The molecule has 0 aliphatic heterocycles. The second-order valence-corrected chi connectivity index (χ2v) is 4.76. The van der Waals surface area contributed by atoms with Crippen LogP contribution in [0, 0.1) is 0 Å². The minimum atomic E-state index is 0.126. The molecule has 1 aromatic heterocycles. The lowest BCUT2D eigenvalue weighted by atomic mass is 9.87. The molecule has 1 heterocycles. The van der Waals surface area contributed by atoms with E-state index in [1.54, 1.807) is 0 Å². The predicted octanol–water partition coefficient (Wildman–Crippen LogP) is 2.49. The van der Waals surface area contributed by atoms with E-state index in [0.717, 1.165) is 5.69 Å². The molecule has 2 nitrogen and oxygen atoms in total. The van der Waals surface area contributed by atoms with E-state index in [1.807, 2.05) is 0 Å². The van der Waals surface area contributed by atoms with Crippen molar-refractivity contribution in [2.75, 3.05) is 0 Å². The maximum Gasteiger partial charge on any atom is 0.0833 e. The van der Waals surface area contributed by atoms with Gasteiger partial charge < -0.3 is 10.1 Å². The van der Waals surface area contributed by atoms with Gasteiger partial charge in [-0.3, -0.25) is 0 Å². The van der Waals surface area contributed by atoms with Crippen molar-refractivity contribution in [3.8, 4) is 0 Å². The van der Waals surface area contributed by atoms with Gasteiger partial charge in [0, 0.05) is 23.7 Å². The zero-order chi connectivity index (χ0) is 10.7. The first-order valence-electron chi connectivity index (χ1n) is 5.80. The molecule has 2 aliphatic carbocycles. The molecule has 2 aliphatic rings. The minimum absolute atomic E-state index is 0.126. The van der Waals surface area contributed by atoms with Crippen molar-refractivity contribution < 1.29 is 5.11 Å². The lowest BCUT2D eigenvalue weighted by Crippen LogP contribution is -2.02. The molecular formula is C14H13NO. The minimum Gasteiger partial charge on any atom is -0.390 e. The van der Waals surface area contributed by atoms with Crippen molar-refractivity contribution in [2.45, 2.75) is 24.9 Å². The highest BCUT2D eigenvalue weighted by molar-refractivity contribution is 5.59. The number of nitrogens with one attached hydrogen (secondary N) is 1. The standard InChI is InChI=1S/C14H13NO/c16-7-13-14-11-5-10(12(14)6-15-13)8-3-1-2-4-9(8)11/h1-4,6,10-11,15-16H,5,7H2/t10-,11+/m0/s1. The number of hydrogen-bond acceptors (Lipinski definition) is 1. The fraction of sp³-hybridized carbons (Fsp3) is 0.286. The van der Waals surface area contributed by atoms with Gasteiger partial charge in [0.2, 0.25) is 0 Å². The number of aliphatic hydroxyl groups excluding tert-OH is 1. The average Bonchev–Trinajstić information content (AvgIpc) is 2.98. The quantitative estimate of drug-likeness (QED) is 0.747. The normalized spacial score (nSPS) is 24.6. The molecule has 2 bridgehead atoms. The molecule has 0 saturated carbocycles. The van der Waals surface area contributed by atoms with Gasteiger partial charge in [-0.05, 0) is 28.7 Å². The molecule has 2 heteroatoms. The van der Waals surface area contributed by atoms with Gasteiger partial charge in [0.1, 0.15) is 0 Å². The topological polar surface area (TPSA) is 36.0 Å². The number of H-pyrrole nitrogens is 1. The zero-order valence-electron chi connectivity index (χ0n) is 8.90.